The minimum absolute atomic E-state index is 0.562. The molecular formula is C55H32N6OS. The summed E-state index contributed by atoms with van der Waals surface area (Å²) >= 11 is 1.75. The Morgan fingerprint density at radius 3 is 1.84 bits per heavy atom. The van der Waals surface area contributed by atoms with Gasteiger partial charge in [0.25, 0.3) is 0 Å². The summed E-state index contributed by atoms with van der Waals surface area (Å²) in [6.07, 6.45) is 0. The van der Waals surface area contributed by atoms with Gasteiger partial charge in [0.05, 0.1) is 11.0 Å². The fourth-order valence-electron chi connectivity index (χ4n) is 8.97. The van der Waals surface area contributed by atoms with Crippen LogP contribution < -0.4 is 0 Å². The Hall–Kier alpha value is -8.33. The fourth-order valence-corrected chi connectivity index (χ4v) is 10.1. The molecular weight excluding hydrogens is 793 g/mol. The SMILES string of the molecule is c1ccc(-c2nc(-c3ccc4sc5cc(-c6nc(-c7ccccc7)c7oc8ccccc8c7n6)ccc5c4c3)nc(-n3c4ccccc4c4c(-c5ccccc5)cccc43)n2)cc1. The highest BCUT2D eigenvalue weighted by Gasteiger charge is 2.22. The summed E-state index contributed by atoms with van der Waals surface area (Å²) in [6.45, 7) is 0. The second-order valence-corrected chi connectivity index (χ2v) is 16.7. The van der Waals surface area contributed by atoms with Crippen molar-refractivity contribution in [1.29, 1.82) is 0 Å². The highest BCUT2D eigenvalue weighted by molar-refractivity contribution is 7.25. The van der Waals surface area contributed by atoms with Gasteiger partial charge in [0.2, 0.25) is 5.95 Å². The van der Waals surface area contributed by atoms with Gasteiger partial charge >= 0.3 is 0 Å². The van der Waals surface area contributed by atoms with Gasteiger partial charge in [-0.2, -0.15) is 9.97 Å². The van der Waals surface area contributed by atoms with E-state index < -0.39 is 0 Å². The van der Waals surface area contributed by atoms with Crippen molar-refractivity contribution in [3.05, 3.63) is 194 Å². The van der Waals surface area contributed by atoms with Crippen molar-refractivity contribution in [3.63, 3.8) is 0 Å². The Kier molecular flexibility index (Phi) is 7.94. The van der Waals surface area contributed by atoms with Crippen molar-refractivity contribution in [2.24, 2.45) is 0 Å². The van der Waals surface area contributed by atoms with E-state index in [0.29, 0.717) is 29.0 Å². The molecule has 0 atom stereocenters. The van der Waals surface area contributed by atoms with Gasteiger partial charge in [0.15, 0.2) is 23.1 Å². The third kappa shape index (κ3) is 5.76. The molecule has 7 nitrogen and oxygen atoms in total. The molecule has 0 amide bonds. The standard InChI is InChI=1S/C55H32N6OS/c1-4-15-33(16-5-1)38-23-14-25-44-48(38)40-21-10-12-24-43(40)61(44)55-59-52(35-19-8-3-9-20-35)58-54(60-55)36-28-30-46-42(31-36)39-29-27-37(32-47(39)63-46)53-56-49(34-17-6-2-7-18-34)51-50(57-53)41-22-11-13-26-45(41)62-51/h1-32H. The fraction of sp³-hybridized carbons (Fsp3) is 0. The van der Waals surface area contributed by atoms with Crippen LogP contribution in [0.4, 0.5) is 0 Å². The van der Waals surface area contributed by atoms with Gasteiger partial charge in [0.1, 0.15) is 16.8 Å². The zero-order chi connectivity index (χ0) is 41.4. The second kappa shape index (κ2) is 14.1. The molecule has 0 aliphatic carbocycles. The lowest BCUT2D eigenvalue weighted by Gasteiger charge is -2.11. The molecule has 63 heavy (non-hydrogen) atoms. The number of hydrogen-bond donors (Lipinski definition) is 0. The maximum Gasteiger partial charge on any atom is 0.238 e. The maximum absolute atomic E-state index is 6.37. The van der Waals surface area contributed by atoms with E-state index in [1.807, 2.05) is 54.6 Å². The molecule has 0 saturated carbocycles. The maximum atomic E-state index is 6.37. The molecule has 0 saturated heterocycles. The van der Waals surface area contributed by atoms with Gasteiger partial charge in [-0.15, -0.1) is 11.3 Å². The molecule has 0 N–H and O–H groups in total. The highest BCUT2D eigenvalue weighted by atomic mass is 32.1. The van der Waals surface area contributed by atoms with E-state index in [-0.39, 0.29) is 0 Å². The van der Waals surface area contributed by atoms with Crippen molar-refractivity contribution in [2.45, 2.75) is 0 Å². The minimum atomic E-state index is 0.562. The van der Waals surface area contributed by atoms with Crippen molar-refractivity contribution < 1.29 is 4.42 Å². The smallest absolute Gasteiger partial charge is 0.238 e. The molecule has 0 fully saturated rings. The summed E-state index contributed by atoms with van der Waals surface area (Å²) in [4.78, 5) is 25.9. The molecule has 0 bridgehead atoms. The number of rotatable bonds is 6. The van der Waals surface area contributed by atoms with E-state index in [2.05, 4.69) is 144 Å². The van der Waals surface area contributed by atoms with Crippen LogP contribution in [0.25, 0.3) is 127 Å². The Balaban J connectivity index is 0.971. The van der Waals surface area contributed by atoms with Crippen LogP contribution in [0.2, 0.25) is 0 Å². The van der Waals surface area contributed by atoms with Crippen LogP contribution >= 0.6 is 11.3 Å². The molecule has 0 radical (unpaired) electrons. The van der Waals surface area contributed by atoms with Crippen LogP contribution in [0.3, 0.4) is 0 Å². The summed E-state index contributed by atoms with van der Waals surface area (Å²) in [5.74, 6) is 2.43. The van der Waals surface area contributed by atoms with Crippen molar-refractivity contribution in [2.75, 3.05) is 0 Å². The number of para-hydroxylation sites is 2. The summed E-state index contributed by atoms with van der Waals surface area (Å²) in [5, 5.41) is 5.55. The quantitative estimate of drug-likeness (QED) is 0.166. The molecule has 294 valence electrons. The Morgan fingerprint density at radius 1 is 0.397 bits per heavy atom. The number of fused-ring (bicyclic) bond motifs is 9. The molecule has 5 aromatic heterocycles. The van der Waals surface area contributed by atoms with Crippen LogP contribution in [0.1, 0.15) is 0 Å². The predicted octanol–water partition coefficient (Wildman–Crippen LogP) is 14.4. The number of benzene rings is 8. The first-order chi connectivity index (χ1) is 31.2. The van der Waals surface area contributed by atoms with Crippen LogP contribution in [-0.2, 0) is 0 Å². The molecule has 13 rings (SSSR count). The first-order valence-corrected chi connectivity index (χ1v) is 21.6. The zero-order valence-corrected chi connectivity index (χ0v) is 34.3. The summed E-state index contributed by atoms with van der Waals surface area (Å²) in [5.41, 5.74) is 11.2. The first kappa shape index (κ1) is 35.4. The number of furan rings is 1. The van der Waals surface area contributed by atoms with Crippen LogP contribution in [-0.4, -0.2) is 29.5 Å². The van der Waals surface area contributed by atoms with Gasteiger partial charge in [-0.05, 0) is 59.7 Å². The Labute approximate surface area is 364 Å². The topological polar surface area (TPSA) is 82.5 Å². The van der Waals surface area contributed by atoms with E-state index in [0.717, 1.165) is 92.8 Å². The normalized spacial score (nSPS) is 11.8. The first-order valence-electron chi connectivity index (χ1n) is 20.8. The average Bonchev–Trinajstić information content (AvgIpc) is 4.03. The summed E-state index contributed by atoms with van der Waals surface area (Å²) in [6, 6.07) is 67.0. The van der Waals surface area contributed by atoms with E-state index in [1.54, 1.807) is 11.3 Å². The monoisotopic (exact) mass is 824 g/mol. The third-order valence-electron chi connectivity index (χ3n) is 11.9. The zero-order valence-electron chi connectivity index (χ0n) is 33.5. The molecule has 0 unspecified atom stereocenters. The molecule has 5 heterocycles. The molecule has 13 aromatic rings. The lowest BCUT2D eigenvalue weighted by atomic mass is 9.99. The van der Waals surface area contributed by atoms with E-state index in [1.165, 1.54) is 4.70 Å². The number of thiophene rings is 1. The van der Waals surface area contributed by atoms with Crippen LogP contribution in [0, 0.1) is 0 Å². The largest absolute Gasteiger partial charge is 0.452 e. The molecule has 0 spiro atoms. The summed E-state index contributed by atoms with van der Waals surface area (Å²) < 4.78 is 10.9. The van der Waals surface area contributed by atoms with Gasteiger partial charge in [-0.1, -0.05) is 146 Å². The van der Waals surface area contributed by atoms with Gasteiger partial charge in [-0.3, -0.25) is 4.57 Å². The van der Waals surface area contributed by atoms with Gasteiger partial charge in [0, 0.05) is 58.6 Å². The number of hydrogen-bond acceptors (Lipinski definition) is 7. The molecule has 0 aliphatic rings. The number of nitrogens with zero attached hydrogens (tertiary/aromatic N) is 6. The van der Waals surface area contributed by atoms with Crippen molar-refractivity contribution in [3.8, 4) is 62.5 Å². The van der Waals surface area contributed by atoms with Gasteiger partial charge in [-0.25, -0.2) is 15.0 Å². The number of aromatic nitrogens is 6. The molecule has 8 heteroatoms. The molecule has 8 aromatic carbocycles. The van der Waals surface area contributed by atoms with E-state index in [4.69, 9.17) is 29.3 Å². The van der Waals surface area contributed by atoms with E-state index >= 15 is 0 Å². The van der Waals surface area contributed by atoms with Crippen molar-refractivity contribution >= 4 is 75.4 Å². The van der Waals surface area contributed by atoms with E-state index in [9.17, 15) is 0 Å². The average molecular weight is 825 g/mol. The third-order valence-corrected chi connectivity index (χ3v) is 13.0. The molecule has 0 aliphatic heterocycles. The second-order valence-electron chi connectivity index (χ2n) is 15.6. The lowest BCUT2D eigenvalue weighted by molar-refractivity contribution is 0.667. The predicted molar refractivity (Wildman–Crippen MR) is 257 cm³/mol. The minimum Gasteiger partial charge on any atom is -0.452 e. The Morgan fingerprint density at radius 2 is 1.03 bits per heavy atom. The lowest BCUT2D eigenvalue weighted by Crippen LogP contribution is -2.06. The van der Waals surface area contributed by atoms with Gasteiger partial charge < -0.3 is 4.42 Å². The highest BCUT2D eigenvalue weighted by Crippen LogP contribution is 2.41. The van der Waals surface area contributed by atoms with Crippen LogP contribution in [0.15, 0.2) is 199 Å². The summed E-state index contributed by atoms with van der Waals surface area (Å²) in [7, 11) is 0. The Bertz CT molecular complexity index is 3910. The van der Waals surface area contributed by atoms with Crippen molar-refractivity contribution in [1.82, 2.24) is 29.5 Å². The van der Waals surface area contributed by atoms with Crippen LogP contribution in [0.5, 0.6) is 0 Å².